The average Bonchev–Trinajstić information content (AvgIpc) is 2.41. The first-order valence-corrected chi connectivity index (χ1v) is 7.59. The molecule has 0 aliphatic heterocycles. The van der Waals surface area contributed by atoms with Gasteiger partial charge in [0.05, 0.1) is 6.10 Å². The van der Waals surface area contributed by atoms with Crippen molar-refractivity contribution < 1.29 is 5.11 Å². The molecule has 0 aromatic heterocycles. The lowest BCUT2D eigenvalue weighted by atomic mass is 10.0. The molecule has 1 aromatic rings. The van der Waals surface area contributed by atoms with Crippen molar-refractivity contribution in [3.63, 3.8) is 0 Å². The number of rotatable bonds is 8. The Hall–Kier alpha value is -0.860. The summed E-state index contributed by atoms with van der Waals surface area (Å²) in [7, 11) is 2.10. The van der Waals surface area contributed by atoms with E-state index in [9.17, 15) is 5.11 Å². The van der Waals surface area contributed by atoms with Crippen LogP contribution in [0, 0.1) is 0 Å². The molecule has 1 atom stereocenters. The summed E-state index contributed by atoms with van der Waals surface area (Å²) in [5.74, 6) is 0. The van der Waals surface area contributed by atoms with Crippen LogP contribution in [0.5, 0.6) is 0 Å². The van der Waals surface area contributed by atoms with Crippen molar-refractivity contribution in [1.82, 2.24) is 4.90 Å². The third-order valence-electron chi connectivity index (χ3n) is 3.93. The molecule has 0 aliphatic carbocycles. The quantitative estimate of drug-likeness (QED) is 0.771. The highest BCUT2D eigenvalue weighted by Gasteiger charge is 2.15. The lowest BCUT2D eigenvalue weighted by Gasteiger charge is -2.28. The zero-order valence-electron chi connectivity index (χ0n) is 12.9. The molecule has 0 saturated heterocycles. The number of aliphatic hydroxyl groups excluding tert-OH is 1. The summed E-state index contributed by atoms with van der Waals surface area (Å²) in [5, 5.41) is 10.3. The van der Waals surface area contributed by atoms with Gasteiger partial charge in [0, 0.05) is 12.6 Å². The predicted octanol–water partition coefficient (Wildman–Crippen LogP) is 3.79. The van der Waals surface area contributed by atoms with Crippen molar-refractivity contribution in [2.45, 2.75) is 58.6 Å². The standard InChI is InChI=1S/C17H29NO/c1-5-8-14-9-11-15(12-10-14)17(19)13-18(4)16(6-2)7-3/h9-12,16-17,19H,5-8,13H2,1-4H3. The molecule has 0 spiro atoms. The maximum atomic E-state index is 10.3. The van der Waals surface area contributed by atoms with E-state index in [1.165, 1.54) is 12.0 Å². The topological polar surface area (TPSA) is 23.5 Å². The van der Waals surface area contributed by atoms with Crippen LogP contribution in [0.3, 0.4) is 0 Å². The van der Waals surface area contributed by atoms with Crippen LogP contribution >= 0.6 is 0 Å². The highest BCUT2D eigenvalue weighted by Crippen LogP contribution is 2.17. The first-order valence-electron chi connectivity index (χ1n) is 7.59. The van der Waals surface area contributed by atoms with E-state index in [0.717, 1.165) is 24.8 Å². The van der Waals surface area contributed by atoms with Gasteiger partial charge < -0.3 is 10.0 Å². The number of benzene rings is 1. The highest BCUT2D eigenvalue weighted by atomic mass is 16.3. The largest absolute Gasteiger partial charge is 0.387 e. The number of likely N-dealkylation sites (N-methyl/N-ethyl adjacent to an activating group) is 1. The lowest BCUT2D eigenvalue weighted by Crippen LogP contribution is -2.34. The molecule has 0 heterocycles. The summed E-state index contributed by atoms with van der Waals surface area (Å²) in [6, 6.07) is 8.97. The van der Waals surface area contributed by atoms with Crippen molar-refractivity contribution in [3.05, 3.63) is 35.4 Å². The van der Waals surface area contributed by atoms with Gasteiger partial charge in [-0.15, -0.1) is 0 Å². The number of hydrogen-bond acceptors (Lipinski definition) is 2. The molecule has 1 N–H and O–H groups in total. The van der Waals surface area contributed by atoms with Crippen molar-refractivity contribution in [3.8, 4) is 0 Å². The third kappa shape index (κ3) is 4.96. The third-order valence-corrected chi connectivity index (χ3v) is 3.93. The van der Waals surface area contributed by atoms with Crippen LogP contribution in [0.15, 0.2) is 24.3 Å². The Morgan fingerprint density at radius 2 is 1.63 bits per heavy atom. The smallest absolute Gasteiger partial charge is 0.0916 e. The van der Waals surface area contributed by atoms with E-state index >= 15 is 0 Å². The van der Waals surface area contributed by atoms with Gasteiger partial charge in [0.2, 0.25) is 0 Å². The van der Waals surface area contributed by atoms with Crippen molar-refractivity contribution >= 4 is 0 Å². The van der Waals surface area contributed by atoms with Crippen LogP contribution < -0.4 is 0 Å². The van der Waals surface area contributed by atoms with Gasteiger partial charge in [-0.05, 0) is 37.4 Å². The van der Waals surface area contributed by atoms with Crippen LogP contribution in [0.2, 0.25) is 0 Å². The average molecular weight is 263 g/mol. The van der Waals surface area contributed by atoms with Gasteiger partial charge in [-0.3, -0.25) is 0 Å². The van der Waals surface area contributed by atoms with Crippen LogP contribution in [-0.2, 0) is 6.42 Å². The van der Waals surface area contributed by atoms with E-state index in [-0.39, 0.29) is 6.10 Å². The molecule has 1 rings (SSSR count). The van der Waals surface area contributed by atoms with Gasteiger partial charge in [-0.2, -0.15) is 0 Å². The second-order valence-electron chi connectivity index (χ2n) is 5.42. The van der Waals surface area contributed by atoms with E-state index in [1.54, 1.807) is 0 Å². The fourth-order valence-electron chi connectivity index (χ4n) is 2.63. The molecule has 1 unspecified atom stereocenters. The van der Waals surface area contributed by atoms with E-state index in [2.05, 4.69) is 57.0 Å². The predicted molar refractivity (Wildman–Crippen MR) is 82.4 cm³/mol. The molecule has 2 nitrogen and oxygen atoms in total. The second kappa shape index (κ2) is 8.34. The lowest BCUT2D eigenvalue weighted by molar-refractivity contribution is 0.101. The van der Waals surface area contributed by atoms with Crippen molar-refractivity contribution in [2.24, 2.45) is 0 Å². The maximum Gasteiger partial charge on any atom is 0.0916 e. The molecule has 19 heavy (non-hydrogen) atoms. The van der Waals surface area contributed by atoms with Gasteiger partial charge in [0.15, 0.2) is 0 Å². The Kier molecular flexibility index (Phi) is 7.11. The first-order chi connectivity index (χ1) is 9.12. The van der Waals surface area contributed by atoms with Crippen molar-refractivity contribution in [1.29, 1.82) is 0 Å². The molecule has 2 heteroatoms. The minimum Gasteiger partial charge on any atom is -0.387 e. The van der Waals surface area contributed by atoms with E-state index < -0.39 is 0 Å². The van der Waals surface area contributed by atoms with E-state index in [0.29, 0.717) is 12.6 Å². The minimum atomic E-state index is -0.388. The van der Waals surface area contributed by atoms with Crippen LogP contribution in [0.25, 0.3) is 0 Å². The summed E-state index contributed by atoms with van der Waals surface area (Å²) < 4.78 is 0. The van der Waals surface area contributed by atoms with E-state index in [1.807, 2.05) is 0 Å². The number of nitrogens with zero attached hydrogens (tertiary/aromatic N) is 1. The SMILES string of the molecule is CCCc1ccc(C(O)CN(C)C(CC)CC)cc1. The maximum absolute atomic E-state index is 10.3. The molecular weight excluding hydrogens is 234 g/mol. The van der Waals surface area contributed by atoms with Gasteiger partial charge in [0.1, 0.15) is 0 Å². The first kappa shape index (κ1) is 16.2. The number of hydrogen-bond donors (Lipinski definition) is 1. The summed E-state index contributed by atoms with van der Waals surface area (Å²) in [6.45, 7) is 7.31. The molecule has 0 fully saturated rings. The Balaban J connectivity index is 2.59. The Bertz CT molecular complexity index is 343. The molecule has 0 amide bonds. The molecule has 0 aliphatic rings. The summed E-state index contributed by atoms with van der Waals surface area (Å²) >= 11 is 0. The molecular formula is C17H29NO. The summed E-state index contributed by atoms with van der Waals surface area (Å²) in [5.41, 5.74) is 2.38. The fourth-order valence-corrected chi connectivity index (χ4v) is 2.63. The summed E-state index contributed by atoms with van der Waals surface area (Å²) in [6.07, 6.45) is 4.16. The molecule has 0 saturated carbocycles. The number of aryl methyl sites for hydroxylation is 1. The van der Waals surface area contributed by atoms with Gasteiger partial charge >= 0.3 is 0 Å². The molecule has 108 valence electrons. The van der Waals surface area contributed by atoms with Crippen molar-refractivity contribution in [2.75, 3.05) is 13.6 Å². The second-order valence-corrected chi connectivity index (χ2v) is 5.42. The fraction of sp³-hybridized carbons (Fsp3) is 0.647. The zero-order valence-corrected chi connectivity index (χ0v) is 12.9. The molecule has 0 bridgehead atoms. The minimum absolute atomic E-state index is 0.388. The molecule has 1 aromatic carbocycles. The normalized spacial score (nSPS) is 13.2. The Labute approximate surface area is 118 Å². The van der Waals surface area contributed by atoms with Gasteiger partial charge in [0.25, 0.3) is 0 Å². The Morgan fingerprint density at radius 3 is 2.11 bits per heavy atom. The zero-order chi connectivity index (χ0) is 14.3. The van der Waals surface area contributed by atoms with Gasteiger partial charge in [-0.1, -0.05) is 51.5 Å². The van der Waals surface area contributed by atoms with Gasteiger partial charge in [-0.25, -0.2) is 0 Å². The molecule has 0 radical (unpaired) electrons. The van der Waals surface area contributed by atoms with Crippen LogP contribution in [-0.4, -0.2) is 29.6 Å². The van der Waals surface area contributed by atoms with E-state index in [4.69, 9.17) is 0 Å². The van der Waals surface area contributed by atoms with Crippen LogP contribution in [0.1, 0.15) is 57.3 Å². The number of aliphatic hydroxyl groups is 1. The van der Waals surface area contributed by atoms with Crippen LogP contribution in [0.4, 0.5) is 0 Å². The monoisotopic (exact) mass is 263 g/mol. The Morgan fingerprint density at radius 1 is 1.05 bits per heavy atom. The highest BCUT2D eigenvalue weighted by molar-refractivity contribution is 5.24. The summed E-state index contributed by atoms with van der Waals surface area (Å²) in [4.78, 5) is 2.27.